The molecule has 0 spiro atoms. The molecule has 2 nitrogen and oxygen atoms in total. The molecule has 0 unspecified atom stereocenters. The first-order valence-electron chi connectivity index (χ1n) is 5.86. The molecule has 0 fully saturated rings. The van der Waals surface area contributed by atoms with E-state index in [4.69, 9.17) is 0 Å². The van der Waals surface area contributed by atoms with E-state index in [-0.39, 0.29) is 11.8 Å². The molecule has 0 bridgehead atoms. The second kappa shape index (κ2) is 6.84. The molecule has 1 rings (SSSR count). The van der Waals surface area contributed by atoms with Crippen LogP contribution in [0.5, 0.6) is 0 Å². The maximum Gasteiger partial charge on any atom is 0.398 e. The third kappa shape index (κ3) is 6.52. The summed E-state index contributed by atoms with van der Waals surface area (Å²) >= 11 is 0.675. The van der Waals surface area contributed by atoms with Gasteiger partial charge in [0.2, 0.25) is 5.91 Å². The molecule has 0 saturated carbocycles. The number of nitrogens with one attached hydrogen (secondary N) is 1. The zero-order valence-corrected chi connectivity index (χ0v) is 11.6. The maximum atomic E-state index is 12.2. The Morgan fingerprint density at radius 2 is 1.95 bits per heavy atom. The summed E-state index contributed by atoms with van der Waals surface area (Å²) in [5, 5.41) is 2.65. The fraction of sp³-hybridized carbons (Fsp3) is 0.462. The molecule has 0 heterocycles. The van der Waals surface area contributed by atoms with Gasteiger partial charge in [-0.1, -0.05) is 26.0 Å². The SMILES string of the molecule is CC(C)CC(=O)Nc1ccccc1SCC(F)(F)F. The van der Waals surface area contributed by atoms with Crippen molar-refractivity contribution in [3.05, 3.63) is 24.3 Å². The molecular formula is C13H16F3NOS. The van der Waals surface area contributed by atoms with Crippen molar-refractivity contribution in [3.63, 3.8) is 0 Å². The van der Waals surface area contributed by atoms with Gasteiger partial charge in [0.15, 0.2) is 0 Å². The van der Waals surface area contributed by atoms with Crippen LogP contribution < -0.4 is 5.32 Å². The van der Waals surface area contributed by atoms with Crippen molar-refractivity contribution >= 4 is 23.4 Å². The van der Waals surface area contributed by atoms with Gasteiger partial charge in [-0.25, -0.2) is 0 Å². The summed E-state index contributed by atoms with van der Waals surface area (Å²) in [6.07, 6.45) is -3.88. The fourth-order valence-corrected chi connectivity index (χ4v) is 2.20. The zero-order chi connectivity index (χ0) is 14.5. The number of rotatable bonds is 5. The van der Waals surface area contributed by atoms with Crippen LogP contribution in [-0.2, 0) is 4.79 Å². The number of amides is 1. The van der Waals surface area contributed by atoms with Crippen LogP contribution in [0, 0.1) is 5.92 Å². The van der Waals surface area contributed by atoms with Crippen molar-refractivity contribution in [2.45, 2.75) is 31.3 Å². The van der Waals surface area contributed by atoms with Crippen LogP contribution in [0.3, 0.4) is 0 Å². The maximum absolute atomic E-state index is 12.2. The molecule has 1 amide bonds. The summed E-state index contributed by atoms with van der Waals surface area (Å²) in [6.45, 7) is 3.81. The Balaban J connectivity index is 2.70. The Labute approximate surface area is 114 Å². The third-order valence-corrected chi connectivity index (χ3v) is 3.28. The van der Waals surface area contributed by atoms with Gasteiger partial charge < -0.3 is 5.32 Å². The number of carbonyl (C=O) groups is 1. The van der Waals surface area contributed by atoms with Crippen LogP contribution in [0.2, 0.25) is 0 Å². The number of carbonyl (C=O) groups excluding carboxylic acids is 1. The summed E-state index contributed by atoms with van der Waals surface area (Å²) in [6, 6.07) is 6.51. The van der Waals surface area contributed by atoms with E-state index < -0.39 is 11.9 Å². The summed E-state index contributed by atoms with van der Waals surface area (Å²) in [5.74, 6) is -0.950. The van der Waals surface area contributed by atoms with Gasteiger partial charge in [0.1, 0.15) is 0 Å². The van der Waals surface area contributed by atoms with E-state index in [0.717, 1.165) is 0 Å². The lowest BCUT2D eigenvalue weighted by atomic mass is 10.1. The number of anilines is 1. The van der Waals surface area contributed by atoms with E-state index in [2.05, 4.69) is 5.32 Å². The Kier molecular flexibility index (Phi) is 5.72. The van der Waals surface area contributed by atoms with E-state index in [9.17, 15) is 18.0 Å². The van der Waals surface area contributed by atoms with Crippen LogP contribution in [0.25, 0.3) is 0 Å². The number of alkyl halides is 3. The number of thioether (sulfide) groups is 1. The quantitative estimate of drug-likeness (QED) is 0.818. The topological polar surface area (TPSA) is 29.1 Å². The Bertz CT molecular complexity index is 432. The van der Waals surface area contributed by atoms with Gasteiger partial charge in [-0.2, -0.15) is 13.2 Å². The molecule has 106 valence electrons. The molecule has 0 atom stereocenters. The lowest BCUT2D eigenvalue weighted by Gasteiger charge is -2.12. The average molecular weight is 291 g/mol. The van der Waals surface area contributed by atoms with Crippen molar-refractivity contribution in [1.82, 2.24) is 0 Å². The highest BCUT2D eigenvalue weighted by Crippen LogP contribution is 2.32. The molecule has 1 N–H and O–H groups in total. The molecule has 0 aliphatic carbocycles. The second-order valence-electron chi connectivity index (χ2n) is 4.55. The second-order valence-corrected chi connectivity index (χ2v) is 5.56. The van der Waals surface area contributed by atoms with Gasteiger partial charge in [-0.05, 0) is 18.1 Å². The first-order valence-corrected chi connectivity index (χ1v) is 6.85. The predicted molar refractivity (Wildman–Crippen MR) is 71.3 cm³/mol. The van der Waals surface area contributed by atoms with Crippen molar-refractivity contribution in [2.75, 3.05) is 11.1 Å². The van der Waals surface area contributed by atoms with E-state index in [1.807, 2.05) is 13.8 Å². The fourth-order valence-electron chi connectivity index (χ4n) is 1.43. The van der Waals surface area contributed by atoms with Gasteiger partial charge in [0, 0.05) is 11.3 Å². The van der Waals surface area contributed by atoms with Crippen LogP contribution in [0.4, 0.5) is 18.9 Å². The van der Waals surface area contributed by atoms with Gasteiger partial charge in [-0.15, -0.1) is 11.8 Å². The third-order valence-electron chi connectivity index (χ3n) is 2.15. The predicted octanol–water partition coefficient (Wildman–Crippen LogP) is 4.33. The number of benzene rings is 1. The van der Waals surface area contributed by atoms with E-state index in [0.29, 0.717) is 28.8 Å². The van der Waals surface area contributed by atoms with E-state index in [1.165, 1.54) is 0 Å². The molecule has 0 aliphatic rings. The van der Waals surface area contributed by atoms with Crippen molar-refractivity contribution in [3.8, 4) is 0 Å². The molecule has 6 heteroatoms. The van der Waals surface area contributed by atoms with Crippen LogP contribution >= 0.6 is 11.8 Å². The molecule has 0 aliphatic heterocycles. The average Bonchev–Trinajstić information content (AvgIpc) is 2.25. The Hall–Kier alpha value is -1.17. The standard InChI is InChI=1S/C13H16F3NOS/c1-9(2)7-12(18)17-10-5-3-4-6-11(10)19-8-13(14,15)16/h3-6,9H,7-8H2,1-2H3,(H,17,18). The normalized spacial score (nSPS) is 11.7. The first kappa shape index (κ1) is 15.9. The number of hydrogen-bond acceptors (Lipinski definition) is 2. The van der Waals surface area contributed by atoms with Crippen LogP contribution in [0.15, 0.2) is 29.2 Å². The Morgan fingerprint density at radius 3 is 2.53 bits per heavy atom. The summed E-state index contributed by atoms with van der Waals surface area (Å²) in [4.78, 5) is 12.1. The first-order chi connectivity index (χ1) is 8.78. The lowest BCUT2D eigenvalue weighted by Crippen LogP contribution is -2.15. The smallest absolute Gasteiger partial charge is 0.325 e. The van der Waals surface area contributed by atoms with Crippen molar-refractivity contribution in [2.24, 2.45) is 5.92 Å². The number of halogens is 3. The van der Waals surface area contributed by atoms with E-state index >= 15 is 0 Å². The molecule has 1 aromatic rings. The minimum Gasteiger partial charge on any atom is -0.325 e. The summed E-state index contributed by atoms with van der Waals surface area (Å²) in [5.41, 5.74) is 0.433. The van der Waals surface area contributed by atoms with Gasteiger partial charge in [-0.3, -0.25) is 4.79 Å². The van der Waals surface area contributed by atoms with Gasteiger partial charge >= 0.3 is 6.18 Å². The molecule has 1 aromatic carbocycles. The molecule has 0 saturated heterocycles. The lowest BCUT2D eigenvalue weighted by molar-refractivity contribution is -0.116. The molecule has 0 aromatic heterocycles. The number of para-hydroxylation sites is 1. The molecular weight excluding hydrogens is 275 g/mol. The monoisotopic (exact) mass is 291 g/mol. The van der Waals surface area contributed by atoms with Crippen LogP contribution in [0.1, 0.15) is 20.3 Å². The van der Waals surface area contributed by atoms with Crippen molar-refractivity contribution in [1.29, 1.82) is 0 Å². The van der Waals surface area contributed by atoms with Gasteiger partial charge in [0.05, 0.1) is 11.4 Å². The van der Waals surface area contributed by atoms with Gasteiger partial charge in [0.25, 0.3) is 0 Å². The largest absolute Gasteiger partial charge is 0.398 e. The van der Waals surface area contributed by atoms with E-state index in [1.54, 1.807) is 24.3 Å². The minimum atomic E-state index is -4.22. The van der Waals surface area contributed by atoms with Crippen LogP contribution in [-0.4, -0.2) is 17.8 Å². The summed E-state index contributed by atoms with van der Waals surface area (Å²) in [7, 11) is 0. The molecule has 19 heavy (non-hydrogen) atoms. The number of hydrogen-bond donors (Lipinski definition) is 1. The molecule has 0 radical (unpaired) electrons. The highest BCUT2D eigenvalue weighted by Gasteiger charge is 2.27. The Morgan fingerprint density at radius 1 is 1.32 bits per heavy atom. The zero-order valence-electron chi connectivity index (χ0n) is 10.8. The summed E-state index contributed by atoms with van der Waals surface area (Å²) < 4.78 is 36.6. The minimum absolute atomic E-state index is 0.185. The van der Waals surface area contributed by atoms with Crippen molar-refractivity contribution < 1.29 is 18.0 Å². The highest BCUT2D eigenvalue weighted by atomic mass is 32.2. The highest BCUT2D eigenvalue weighted by molar-refractivity contribution is 7.99.